The van der Waals surface area contributed by atoms with Crippen LogP contribution in [-0.2, 0) is 22.7 Å². The molecule has 3 rings (SSSR count). The molecule has 2 atom stereocenters. The van der Waals surface area contributed by atoms with Gasteiger partial charge in [0.25, 0.3) is 0 Å². The number of hydrogen-bond donors (Lipinski definition) is 0. The van der Waals surface area contributed by atoms with Gasteiger partial charge in [-0.15, -0.1) is 0 Å². The predicted molar refractivity (Wildman–Crippen MR) is 92.7 cm³/mol. The van der Waals surface area contributed by atoms with Crippen molar-refractivity contribution < 1.29 is 18.7 Å². The van der Waals surface area contributed by atoms with E-state index in [-0.39, 0.29) is 12.7 Å². The summed E-state index contributed by atoms with van der Waals surface area (Å²) in [4.78, 5) is 13.7. The summed E-state index contributed by atoms with van der Waals surface area (Å²) in [6.45, 7) is 0.406. The number of benzene rings is 2. The molecule has 25 heavy (non-hydrogen) atoms. The van der Waals surface area contributed by atoms with Gasteiger partial charge in [-0.3, -0.25) is 4.90 Å². The van der Waals surface area contributed by atoms with E-state index >= 15 is 0 Å². The van der Waals surface area contributed by atoms with E-state index < -0.39 is 18.8 Å². The van der Waals surface area contributed by atoms with Crippen LogP contribution in [0.1, 0.15) is 17.5 Å². The summed E-state index contributed by atoms with van der Waals surface area (Å²) in [6, 6.07) is 18.8. The standard InChI is InChI=1S/C20H22FNO3/c21-12-18-11-19(24-14-16-7-3-1-4-8-16)13-22(18)20(23)25-15-17-9-5-2-6-10-17/h1-10,18-19H,11-15H2/t18-,19+/m1/s1. The number of likely N-dealkylation sites (tertiary alicyclic amines) is 1. The third-order valence-electron chi connectivity index (χ3n) is 4.32. The van der Waals surface area contributed by atoms with Crippen LogP contribution in [0.3, 0.4) is 0 Å². The van der Waals surface area contributed by atoms with Gasteiger partial charge in [0, 0.05) is 0 Å². The van der Waals surface area contributed by atoms with E-state index in [1.54, 1.807) is 0 Å². The van der Waals surface area contributed by atoms with Crippen molar-refractivity contribution in [3.63, 3.8) is 0 Å². The Morgan fingerprint density at radius 2 is 1.60 bits per heavy atom. The summed E-state index contributed by atoms with van der Waals surface area (Å²) in [7, 11) is 0. The fourth-order valence-electron chi connectivity index (χ4n) is 2.95. The lowest BCUT2D eigenvalue weighted by atomic mass is 10.2. The van der Waals surface area contributed by atoms with Gasteiger partial charge in [-0.2, -0.15) is 0 Å². The number of alkyl halides is 1. The van der Waals surface area contributed by atoms with Crippen molar-refractivity contribution in [1.29, 1.82) is 0 Å². The van der Waals surface area contributed by atoms with Crippen molar-refractivity contribution in [3.8, 4) is 0 Å². The third kappa shape index (κ3) is 4.79. The lowest BCUT2D eigenvalue weighted by molar-refractivity contribution is 0.0431. The van der Waals surface area contributed by atoms with Gasteiger partial charge in [0.15, 0.2) is 0 Å². The zero-order chi connectivity index (χ0) is 17.5. The summed E-state index contributed by atoms with van der Waals surface area (Å²) in [5.74, 6) is 0. The van der Waals surface area contributed by atoms with Crippen molar-refractivity contribution >= 4 is 6.09 Å². The smallest absolute Gasteiger partial charge is 0.410 e. The van der Waals surface area contributed by atoms with Crippen LogP contribution >= 0.6 is 0 Å². The number of hydrogen-bond acceptors (Lipinski definition) is 3. The maximum absolute atomic E-state index is 13.3. The van der Waals surface area contributed by atoms with E-state index in [4.69, 9.17) is 9.47 Å². The molecule has 0 N–H and O–H groups in total. The molecule has 0 aromatic heterocycles. The number of halogens is 1. The molecule has 2 aromatic rings. The Hall–Kier alpha value is -2.40. The molecule has 1 aliphatic heterocycles. The predicted octanol–water partition coefficient (Wildman–Crippen LogP) is 3.95. The van der Waals surface area contributed by atoms with E-state index in [9.17, 15) is 9.18 Å². The minimum Gasteiger partial charge on any atom is -0.445 e. The second-order valence-electron chi connectivity index (χ2n) is 6.15. The molecule has 0 unspecified atom stereocenters. The van der Waals surface area contributed by atoms with E-state index in [1.165, 1.54) is 4.90 Å². The van der Waals surface area contributed by atoms with Crippen molar-refractivity contribution in [1.82, 2.24) is 4.90 Å². The molecule has 1 saturated heterocycles. The number of carbonyl (C=O) groups is 1. The van der Waals surface area contributed by atoms with Crippen LogP contribution in [-0.4, -0.2) is 36.4 Å². The van der Waals surface area contributed by atoms with E-state index in [0.29, 0.717) is 19.6 Å². The highest BCUT2D eigenvalue weighted by molar-refractivity contribution is 5.68. The molecule has 1 amide bonds. The zero-order valence-electron chi connectivity index (χ0n) is 14.0. The maximum Gasteiger partial charge on any atom is 0.410 e. The summed E-state index contributed by atoms with van der Waals surface area (Å²) in [6.07, 6.45) is -0.174. The average molecular weight is 343 g/mol. The first-order valence-corrected chi connectivity index (χ1v) is 8.45. The SMILES string of the molecule is O=C(OCc1ccccc1)N1C[C@@H](OCc2ccccc2)C[C@@H]1CF. The monoisotopic (exact) mass is 343 g/mol. The molecule has 0 aliphatic carbocycles. The molecule has 2 aromatic carbocycles. The highest BCUT2D eigenvalue weighted by atomic mass is 19.1. The average Bonchev–Trinajstić information content (AvgIpc) is 3.09. The minimum absolute atomic E-state index is 0.176. The Kier molecular flexibility index (Phi) is 6.01. The second-order valence-corrected chi connectivity index (χ2v) is 6.15. The normalized spacial score (nSPS) is 19.8. The van der Waals surface area contributed by atoms with Crippen molar-refractivity contribution in [2.75, 3.05) is 13.2 Å². The maximum atomic E-state index is 13.3. The molecule has 132 valence electrons. The zero-order valence-corrected chi connectivity index (χ0v) is 14.0. The largest absolute Gasteiger partial charge is 0.445 e. The Morgan fingerprint density at radius 1 is 1.00 bits per heavy atom. The van der Waals surface area contributed by atoms with Gasteiger partial charge >= 0.3 is 6.09 Å². The van der Waals surface area contributed by atoms with Gasteiger partial charge in [0.2, 0.25) is 0 Å². The summed E-state index contributed by atoms with van der Waals surface area (Å²) in [5.41, 5.74) is 1.97. The van der Waals surface area contributed by atoms with Crippen LogP contribution in [0.25, 0.3) is 0 Å². The second kappa shape index (κ2) is 8.62. The lowest BCUT2D eigenvalue weighted by Crippen LogP contribution is -2.37. The molecule has 0 bridgehead atoms. The van der Waals surface area contributed by atoms with Crippen LogP contribution in [0, 0.1) is 0 Å². The van der Waals surface area contributed by atoms with Gasteiger partial charge in [0.1, 0.15) is 13.3 Å². The molecule has 0 spiro atoms. The van der Waals surface area contributed by atoms with Gasteiger partial charge in [0.05, 0.1) is 25.3 Å². The third-order valence-corrected chi connectivity index (χ3v) is 4.32. The van der Waals surface area contributed by atoms with E-state index in [1.807, 2.05) is 60.7 Å². The van der Waals surface area contributed by atoms with Crippen molar-refractivity contribution in [3.05, 3.63) is 71.8 Å². The summed E-state index contributed by atoms with van der Waals surface area (Å²) in [5, 5.41) is 0. The Labute approximate surface area is 147 Å². The number of amides is 1. The van der Waals surface area contributed by atoms with Crippen LogP contribution in [0.4, 0.5) is 9.18 Å². The van der Waals surface area contributed by atoms with Gasteiger partial charge in [-0.1, -0.05) is 60.7 Å². The molecular weight excluding hydrogens is 321 g/mol. The van der Waals surface area contributed by atoms with Gasteiger partial charge in [-0.05, 0) is 17.5 Å². The first-order chi connectivity index (χ1) is 12.3. The van der Waals surface area contributed by atoms with Gasteiger partial charge in [-0.25, -0.2) is 9.18 Å². The van der Waals surface area contributed by atoms with Crippen LogP contribution in [0.2, 0.25) is 0 Å². The topological polar surface area (TPSA) is 38.8 Å². The van der Waals surface area contributed by atoms with Gasteiger partial charge < -0.3 is 9.47 Å². The first-order valence-electron chi connectivity index (χ1n) is 8.45. The Balaban J connectivity index is 1.51. The first kappa shape index (κ1) is 17.4. The molecule has 0 saturated carbocycles. The molecular formula is C20H22FNO3. The number of nitrogens with zero attached hydrogens (tertiary/aromatic N) is 1. The fourth-order valence-corrected chi connectivity index (χ4v) is 2.95. The molecule has 4 nitrogen and oxygen atoms in total. The highest BCUT2D eigenvalue weighted by Gasteiger charge is 2.36. The molecule has 5 heteroatoms. The molecule has 0 radical (unpaired) electrons. The van der Waals surface area contributed by atoms with E-state index in [0.717, 1.165) is 11.1 Å². The van der Waals surface area contributed by atoms with Crippen molar-refractivity contribution in [2.24, 2.45) is 0 Å². The van der Waals surface area contributed by atoms with Crippen molar-refractivity contribution in [2.45, 2.75) is 31.8 Å². The molecule has 1 fully saturated rings. The summed E-state index contributed by atoms with van der Waals surface area (Å²) >= 11 is 0. The van der Waals surface area contributed by atoms with Crippen LogP contribution in [0.15, 0.2) is 60.7 Å². The fraction of sp³-hybridized carbons (Fsp3) is 0.350. The van der Waals surface area contributed by atoms with Crippen LogP contribution < -0.4 is 0 Å². The number of carbonyl (C=O) groups excluding carboxylic acids is 1. The molecule has 1 heterocycles. The quantitative estimate of drug-likeness (QED) is 0.797. The minimum atomic E-state index is -0.592. The Bertz CT molecular complexity index is 665. The summed E-state index contributed by atoms with van der Waals surface area (Å²) < 4.78 is 24.5. The van der Waals surface area contributed by atoms with Crippen LogP contribution in [0.5, 0.6) is 0 Å². The lowest BCUT2D eigenvalue weighted by Gasteiger charge is -2.21. The highest BCUT2D eigenvalue weighted by Crippen LogP contribution is 2.23. The number of ether oxygens (including phenoxy) is 2. The Morgan fingerprint density at radius 3 is 2.20 bits per heavy atom. The molecule has 1 aliphatic rings. The number of rotatable bonds is 6. The van der Waals surface area contributed by atoms with E-state index in [2.05, 4.69) is 0 Å².